The molecule has 0 bridgehead atoms. The van der Waals surface area contributed by atoms with Gasteiger partial charge in [0.1, 0.15) is 0 Å². The van der Waals surface area contributed by atoms with E-state index in [1.165, 1.54) is 5.56 Å². The van der Waals surface area contributed by atoms with Crippen molar-refractivity contribution in [1.29, 1.82) is 0 Å². The summed E-state index contributed by atoms with van der Waals surface area (Å²) in [5.41, 5.74) is 3.23. The summed E-state index contributed by atoms with van der Waals surface area (Å²) in [5.74, 6) is -0.211. The highest BCUT2D eigenvalue weighted by Gasteiger charge is 2.12. The monoisotopic (exact) mass is 388 g/mol. The molecule has 0 heterocycles. The van der Waals surface area contributed by atoms with Crippen molar-refractivity contribution < 1.29 is 9.63 Å². The Bertz CT molecular complexity index is 699. The molecule has 1 amide bonds. The lowest BCUT2D eigenvalue weighted by molar-refractivity contribution is -0.126. The van der Waals surface area contributed by atoms with Gasteiger partial charge in [0, 0.05) is 4.47 Å². The van der Waals surface area contributed by atoms with E-state index in [-0.39, 0.29) is 18.6 Å². The minimum atomic E-state index is -0.211. The summed E-state index contributed by atoms with van der Waals surface area (Å²) in [6, 6.07) is 15.7. The molecule has 1 atom stereocenters. The van der Waals surface area contributed by atoms with Gasteiger partial charge in [0.2, 0.25) is 0 Å². The largest absolute Gasteiger partial charge is 0.386 e. The Hall–Kier alpha value is -2.14. The van der Waals surface area contributed by atoms with Crippen LogP contribution < -0.4 is 5.32 Å². The fourth-order valence-electron chi connectivity index (χ4n) is 2.22. The van der Waals surface area contributed by atoms with Gasteiger partial charge >= 0.3 is 0 Å². The summed E-state index contributed by atoms with van der Waals surface area (Å²) in [6.45, 7) is 3.93. The summed E-state index contributed by atoms with van der Waals surface area (Å²) in [4.78, 5) is 17.0. The van der Waals surface area contributed by atoms with Crippen LogP contribution in [0.5, 0.6) is 0 Å². The van der Waals surface area contributed by atoms with E-state index < -0.39 is 0 Å². The van der Waals surface area contributed by atoms with E-state index in [1.807, 2.05) is 55.5 Å². The first kappa shape index (κ1) is 18.2. The molecule has 0 saturated carbocycles. The number of aryl methyl sites for hydroxylation is 1. The summed E-state index contributed by atoms with van der Waals surface area (Å²) >= 11 is 3.48. The Morgan fingerprint density at radius 2 is 1.96 bits per heavy atom. The van der Waals surface area contributed by atoms with Gasteiger partial charge in [0.15, 0.2) is 6.61 Å². The Morgan fingerprint density at radius 1 is 1.25 bits per heavy atom. The maximum Gasteiger partial charge on any atom is 0.261 e. The molecule has 126 valence electrons. The Labute approximate surface area is 151 Å². The maximum atomic E-state index is 11.9. The maximum absolute atomic E-state index is 11.9. The third-order valence-corrected chi connectivity index (χ3v) is 4.33. The van der Waals surface area contributed by atoms with Crippen LogP contribution in [0.2, 0.25) is 0 Å². The van der Waals surface area contributed by atoms with Gasteiger partial charge in [-0.1, -0.05) is 70.5 Å². The van der Waals surface area contributed by atoms with Crippen molar-refractivity contribution >= 4 is 28.1 Å². The van der Waals surface area contributed by atoms with Crippen LogP contribution in [0.3, 0.4) is 0 Å². The minimum absolute atomic E-state index is 0.109. The van der Waals surface area contributed by atoms with Crippen molar-refractivity contribution in [3.63, 3.8) is 0 Å². The van der Waals surface area contributed by atoms with Crippen LogP contribution >= 0.6 is 15.9 Å². The molecule has 0 aliphatic carbocycles. The third-order valence-electron chi connectivity index (χ3n) is 3.61. The lowest BCUT2D eigenvalue weighted by atomic mass is 10.1. The second kappa shape index (κ2) is 9.23. The molecule has 4 nitrogen and oxygen atoms in total. The molecular formula is C19H21BrN2O2. The van der Waals surface area contributed by atoms with Crippen molar-refractivity contribution in [2.75, 3.05) is 6.61 Å². The van der Waals surface area contributed by atoms with Crippen LogP contribution in [-0.2, 0) is 16.1 Å². The molecule has 2 aromatic rings. The van der Waals surface area contributed by atoms with Gasteiger partial charge in [-0.05, 0) is 36.1 Å². The smallest absolute Gasteiger partial charge is 0.261 e. The lowest BCUT2D eigenvalue weighted by Gasteiger charge is -2.15. The summed E-state index contributed by atoms with van der Waals surface area (Å²) in [6.07, 6.45) is 2.60. The summed E-state index contributed by atoms with van der Waals surface area (Å²) < 4.78 is 0.965. The van der Waals surface area contributed by atoms with Crippen LogP contribution in [-0.4, -0.2) is 18.7 Å². The number of halogens is 1. The van der Waals surface area contributed by atoms with Gasteiger partial charge in [-0.15, -0.1) is 0 Å². The van der Waals surface area contributed by atoms with E-state index in [0.29, 0.717) is 0 Å². The van der Waals surface area contributed by atoms with Crippen molar-refractivity contribution in [2.24, 2.45) is 5.16 Å². The highest BCUT2D eigenvalue weighted by Crippen LogP contribution is 2.22. The van der Waals surface area contributed by atoms with Crippen LogP contribution in [0.25, 0.3) is 0 Å². The number of rotatable bonds is 7. The first-order chi connectivity index (χ1) is 11.6. The minimum Gasteiger partial charge on any atom is -0.386 e. The molecule has 0 spiro atoms. The zero-order valence-electron chi connectivity index (χ0n) is 13.8. The highest BCUT2D eigenvalue weighted by molar-refractivity contribution is 9.10. The molecule has 0 aliphatic rings. The summed E-state index contributed by atoms with van der Waals surface area (Å²) in [7, 11) is 0. The second-order valence-electron chi connectivity index (χ2n) is 5.41. The average molecular weight is 389 g/mol. The number of carbonyl (C=O) groups excluding carboxylic acids is 1. The van der Waals surface area contributed by atoms with Gasteiger partial charge in [-0.2, -0.15) is 0 Å². The van der Waals surface area contributed by atoms with Crippen molar-refractivity contribution in [3.8, 4) is 0 Å². The normalized spacial score (nSPS) is 12.1. The first-order valence-electron chi connectivity index (χ1n) is 7.88. The standard InChI is InChI=1S/C19H21BrN2O2/c1-3-15-8-10-16(11-9-15)12-21-24-13-19(23)22-14(2)17-6-4-5-7-18(17)20/h4-12,14H,3,13H2,1-2H3,(H,22,23)/b21-12-/t14-/m1/s1. The topological polar surface area (TPSA) is 50.7 Å². The van der Waals surface area contributed by atoms with Crippen LogP contribution in [0, 0.1) is 0 Å². The molecule has 1 N–H and O–H groups in total. The number of carbonyl (C=O) groups is 1. The number of oxime groups is 1. The Balaban J connectivity index is 1.78. The van der Waals surface area contributed by atoms with Crippen molar-refractivity contribution in [1.82, 2.24) is 5.32 Å². The third kappa shape index (κ3) is 5.49. The zero-order chi connectivity index (χ0) is 17.4. The predicted molar refractivity (Wildman–Crippen MR) is 100 cm³/mol. The van der Waals surface area contributed by atoms with Crippen LogP contribution in [0.4, 0.5) is 0 Å². The molecule has 0 saturated heterocycles. The van der Waals surface area contributed by atoms with Crippen molar-refractivity contribution in [2.45, 2.75) is 26.3 Å². The quantitative estimate of drug-likeness (QED) is 0.569. The van der Waals surface area contributed by atoms with E-state index >= 15 is 0 Å². The van der Waals surface area contributed by atoms with E-state index in [2.05, 4.69) is 33.3 Å². The Morgan fingerprint density at radius 3 is 2.62 bits per heavy atom. The second-order valence-corrected chi connectivity index (χ2v) is 6.27. The van der Waals surface area contributed by atoms with E-state index in [0.717, 1.165) is 22.0 Å². The van der Waals surface area contributed by atoms with Gasteiger partial charge < -0.3 is 10.2 Å². The molecule has 0 unspecified atom stereocenters. The first-order valence-corrected chi connectivity index (χ1v) is 8.67. The molecule has 0 aromatic heterocycles. The number of hydrogen-bond donors (Lipinski definition) is 1. The van der Waals surface area contributed by atoms with Gasteiger partial charge in [-0.25, -0.2) is 0 Å². The number of nitrogens with one attached hydrogen (secondary N) is 1. The fraction of sp³-hybridized carbons (Fsp3) is 0.263. The van der Waals surface area contributed by atoms with Gasteiger partial charge in [0.25, 0.3) is 5.91 Å². The summed E-state index contributed by atoms with van der Waals surface area (Å²) in [5, 5.41) is 6.72. The molecular weight excluding hydrogens is 368 g/mol. The predicted octanol–water partition coefficient (Wildman–Crippen LogP) is 4.24. The molecule has 0 radical (unpaired) electrons. The number of benzene rings is 2. The number of amides is 1. The average Bonchev–Trinajstić information content (AvgIpc) is 2.59. The zero-order valence-corrected chi connectivity index (χ0v) is 15.4. The van der Waals surface area contributed by atoms with Gasteiger partial charge in [0.05, 0.1) is 12.3 Å². The van der Waals surface area contributed by atoms with E-state index in [4.69, 9.17) is 4.84 Å². The van der Waals surface area contributed by atoms with E-state index in [1.54, 1.807) is 6.21 Å². The Kier molecular flexibility index (Phi) is 7.00. The number of nitrogens with zero attached hydrogens (tertiary/aromatic N) is 1. The SMILES string of the molecule is CCc1ccc(/C=N\OCC(=O)N[C@H](C)c2ccccc2Br)cc1. The molecule has 24 heavy (non-hydrogen) atoms. The van der Waals surface area contributed by atoms with E-state index in [9.17, 15) is 4.79 Å². The highest BCUT2D eigenvalue weighted by atomic mass is 79.9. The van der Waals surface area contributed by atoms with Crippen LogP contribution in [0.1, 0.15) is 36.6 Å². The molecule has 0 fully saturated rings. The number of hydrogen-bond acceptors (Lipinski definition) is 3. The van der Waals surface area contributed by atoms with Crippen LogP contribution in [0.15, 0.2) is 58.2 Å². The fourth-order valence-corrected chi connectivity index (χ4v) is 2.85. The molecule has 2 aromatic carbocycles. The van der Waals surface area contributed by atoms with Crippen molar-refractivity contribution in [3.05, 3.63) is 69.7 Å². The van der Waals surface area contributed by atoms with Gasteiger partial charge in [-0.3, -0.25) is 4.79 Å². The molecule has 5 heteroatoms. The molecule has 0 aliphatic heterocycles. The lowest BCUT2D eigenvalue weighted by Crippen LogP contribution is -2.29. The molecule has 2 rings (SSSR count).